The molecular weight excluding hydrogens is 272 g/mol. The molecule has 0 aliphatic carbocycles. The molecule has 1 atom stereocenters. The first-order valence-corrected chi connectivity index (χ1v) is 7.15. The van der Waals surface area contributed by atoms with E-state index in [1.807, 2.05) is 4.90 Å². The number of hydrogen-bond donors (Lipinski definition) is 1. The molecule has 0 saturated carbocycles. The maximum Gasteiger partial charge on any atom is 0.323 e. The van der Waals surface area contributed by atoms with Crippen LogP contribution in [0.3, 0.4) is 0 Å². The van der Waals surface area contributed by atoms with Gasteiger partial charge in [-0.3, -0.25) is 19.8 Å². The molecule has 6 heteroatoms. The van der Waals surface area contributed by atoms with E-state index in [-0.39, 0.29) is 5.69 Å². The minimum Gasteiger partial charge on any atom is -0.480 e. The molecule has 21 heavy (non-hydrogen) atoms. The van der Waals surface area contributed by atoms with Gasteiger partial charge in [0.1, 0.15) is 5.54 Å². The molecule has 1 N–H and O–H groups in total. The molecule has 0 amide bonds. The van der Waals surface area contributed by atoms with Crippen molar-refractivity contribution >= 4 is 11.7 Å². The number of rotatable bonds is 5. The lowest BCUT2D eigenvalue weighted by atomic mass is 9.88. The molecule has 0 spiro atoms. The van der Waals surface area contributed by atoms with Crippen molar-refractivity contribution in [2.45, 2.75) is 38.1 Å². The Labute approximate surface area is 123 Å². The third-order valence-corrected chi connectivity index (χ3v) is 4.32. The number of piperidine rings is 1. The van der Waals surface area contributed by atoms with Gasteiger partial charge in [-0.1, -0.05) is 12.1 Å². The second-order valence-electron chi connectivity index (χ2n) is 5.70. The fraction of sp³-hybridized carbons (Fsp3) is 0.533. The first kappa shape index (κ1) is 15.4. The first-order valence-electron chi connectivity index (χ1n) is 7.15. The van der Waals surface area contributed by atoms with Gasteiger partial charge in [0.2, 0.25) is 0 Å². The zero-order valence-corrected chi connectivity index (χ0v) is 12.1. The van der Waals surface area contributed by atoms with Gasteiger partial charge < -0.3 is 5.11 Å². The van der Waals surface area contributed by atoms with Gasteiger partial charge in [-0.25, -0.2) is 0 Å². The summed E-state index contributed by atoms with van der Waals surface area (Å²) in [7, 11) is 0. The summed E-state index contributed by atoms with van der Waals surface area (Å²) in [4.78, 5) is 23.7. The highest BCUT2D eigenvalue weighted by Gasteiger charge is 2.40. The van der Waals surface area contributed by atoms with Gasteiger partial charge in [-0.15, -0.1) is 0 Å². The Kier molecular flexibility index (Phi) is 4.57. The van der Waals surface area contributed by atoms with E-state index in [0.29, 0.717) is 19.4 Å². The summed E-state index contributed by atoms with van der Waals surface area (Å²) in [6.45, 7) is 3.22. The number of aliphatic carboxylic acids is 1. The van der Waals surface area contributed by atoms with E-state index < -0.39 is 16.4 Å². The van der Waals surface area contributed by atoms with Crippen molar-refractivity contribution in [1.29, 1.82) is 0 Å². The number of non-ortho nitro benzene ring substituents is 1. The van der Waals surface area contributed by atoms with Gasteiger partial charge in [0.05, 0.1) is 4.92 Å². The van der Waals surface area contributed by atoms with Gasteiger partial charge in [0.15, 0.2) is 0 Å². The number of nitrogens with zero attached hydrogens (tertiary/aromatic N) is 2. The van der Waals surface area contributed by atoms with Crippen molar-refractivity contribution in [1.82, 2.24) is 4.90 Å². The number of hydrogen-bond acceptors (Lipinski definition) is 4. The number of nitro groups is 1. The van der Waals surface area contributed by atoms with Gasteiger partial charge in [-0.2, -0.15) is 0 Å². The Balaban J connectivity index is 2.00. The molecule has 1 aliphatic heterocycles. The normalized spacial score (nSPS) is 22.9. The summed E-state index contributed by atoms with van der Waals surface area (Å²) < 4.78 is 0. The molecule has 1 saturated heterocycles. The van der Waals surface area contributed by atoms with Crippen molar-refractivity contribution in [2.75, 3.05) is 13.1 Å². The Bertz CT molecular complexity index is 529. The van der Waals surface area contributed by atoms with Crippen molar-refractivity contribution in [3.8, 4) is 0 Å². The second kappa shape index (κ2) is 6.22. The molecule has 1 aromatic rings. The summed E-state index contributed by atoms with van der Waals surface area (Å²) in [5.74, 6) is -0.772. The van der Waals surface area contributed by atoms with Crippen LogP contribution in [-0.4, -0.2) is 39.5 Å². The Morgan fingerprint density at radius 2 is 2.05 bits per heavy atom. The molecule has 1 unspecified atom stereocenters. The summed E-state index contributed by atoms with van der Waals surface area (Å²) >= 11 is 0. The van der Waals surface area contributed by atoms with Crippen molar-refractivity contribution in [3.05, 3.63) is 39.9 Å². The van der Waals surface area contributed by atoms with Gasteiger partial charge in [0, 0.05) is 18.7 Å². The SMILES string of the molecule is CC1(C(=O)O)CCCCN1CCc1ccc([N+](=O)[O-])cc1. The molecule has 1 aromatic carbocycles. The minimum atomic E-state index is -0.793. The molecule has 0 radical (unpaired) electrons. The highest BCUT2D eigenvalue weighted by atomic mass is 16.6. The summed E-state index contributed by atoms with van der Waals surface area (Å²) in [6.07, 6.45) is 3.32. The van der Waals surface area contributed by atoms with E-state index in [9.17, 15) is 20.0 Å². The maximum atomic E-state index is 11.5. The number of carboxylic acids is 1. The number of benzene rings is 1. The van der Waals surface area contributed by atoms with E-state index >= 15 is 0 Å². The molecule has 2 rings (SSSR count). The summed E-state index contributed by atoms with van der Waals surface area (Å²) in [6, 6.07) is 6.45. The highest BCUT2D eigenvalue weighted by molar-refractivity contribution is 5.78. The monoisotopic (exact) mass is 292 g/mol. The van der Waals surface area contributed by atoms with Gasteiger partial charge >= 0.3 is 5.97 Å². The molecule has 6 nitrogen and oxygen atoms in total. The molecule has 1 aliphatic rings. The molecular formula is C15H20N2O4. The number of likely N-dealkylation sites (tertiary alicyclic amines) is 1. The van der Waals surface area contributed by atoms with Crippen molar-refractivity contribution in [3.63, 3.8) is 0 Å². The third-order valence-electron chi connectivity index (χ3n) is 4.32. The van der Waals surface area contributed by atoms with Crippen molar-refractivity contribution in [2.24, 2.45) is 0 Å². The summed E-state index contributed by atoms with van der Waals surface area (Å²) in [5.41, 5.74) is 0.268. The molecule has 1 heterocycles. The van der Waals surface area contributed by atoms with Crippen LogP contribution in [0.5, 0.6) is 0 Å². The lowest BCUT2D eigenvalue weighted by Crippen LogP contribution is -2.55. The number of carboxylic acid groups (broad SMARTS) is 1. The second-order valence-corrected chi connectivity index (χ2v) is 5.70. The van der Waals surface area contributed by atoms with E-state index in [1.54, 1.807) is 19.1 Å². The predicted octanol–water partition coefficient (Wildman–Crippen LogP) is 2.47. The Hall–Kier alpha value is -1.95. The van der Waals surface area contributed by atoms with Crippen LogP contribution in [0, 0.1) is 10.1 Å². The Morgan fingerprint density at radius 3 is 2.62 bits per heavy atom. The van der Waals surface area contributed by atoms with Crippen LogP contribution in [0.15, 0.2) is 24.3 Å². The topological polar surface area (TPSA) is 83.7 Å². The average molecular weight is 292 g/mol. The predicted molar refractivity (Wildman–Crippen MR) is 78.3 cm³/mol. The first-order chi connectivity index (χ1) is 9.93. The fourth-order valence-electron chi connectivity index (χ4n) is 2.83. The standard InChI is InChI=1S/C15H20N2O4/c1-15(14(18)19)9-2-3-10-16(15)11-8-12-4-6-13(7-5-12)17(20)21/h4-7H,2-3,8-11H2,1H3,(H,18,19). The average Bonchev–Trinajstić information content (AvgIpc) is 2.46. The van der Waals surface area contributed by atoms with E-state index in [0.717, 1.165) is 24.9 Å². The van der Waals surface area contributed by atoms with E-state index in [2.05, 4.69) is 0 Å². The van der Waals surface area contributed by atoms with E-state index in [1.165, 1.54) is 12.1 Å². The molecule has 0 aromatic heterocycles. The van der Waals surface area contributed by atoms with E-state index in [4.69, 9.17) is 0 Å². The van der Waals surface area contributed by atoms with Crippen molar-refractivity contribution < 1.29 is 14.8 Å². The molecule has 1 fully saturated rings. The molecule has 114 valence electrons. The minimum absolute atomic E-state index is 0.0760. The van der Waals surface area contributed by atoms with Crippen LogP contribution in [0.1, 0.15) is 31.7 Å². The molecule has 0 bridgehead atoms. The Morgan fingerprint density at radius 1 is 1.38 bits per heavy atom. The maximum absolute atomic E-state index is 11.5. The van der Waals surface area contributed by atoms with Crippen LogP contribution >= 0.6 is 0 Å². The fourth-order valence-corrected chi connectivity index (χ4v) is 2.83. The van der Waals surface area contributed by atoms with Crippen LogP contribution in [0.25, 0.3) is 0 Å². The van der Waals surface area contributed by atoms with Crippen LogP contribution in [-0.2, 0) is 11.2 Å². The smallest absolute Gasteiger partial charge is 0.323 e. The van der Waals surface area contributed by atoms with Crippen LogP contribution in [0.4, 0.5) is 5.69 Å². The largest absolute Gasteiger partial charge is 0.480 e. The van der Waals surface area contributed by atoms with Crippen LogP contribution < -0.4 is 0 Å². The zero-order chi connectivity index (χ0) is 15.5. The number of carbonyl (C=O) groups is 1. The lowest BCUT2D eigenvalue weighted by Gasteiger charge is -2.41. The third kappa shape index (κ3) is 3.39. The highest BCUT2D eigenvalue weighted by Crippen LogP contribution is 2.28. The van der Waals surface area contributed by atoms with Gasteiger partial charge in [0.25, 0.3) is 5.69 Å². The number of nitro benzene ring substituents is 1. The lowest BCUT2D eigenvalue weighted by molar-refractivity contribution is -0.384. The quantitative estimate of drug-likeness (QED) is 0.665. The van der Waals surface area contributed by atoms with Gasteiger partial charge in [-0.05, 0) is 44.7 Å². The van der Waals surface area contributed by atoms with Crippen LogP contribution in [0.2, 0.25) is 0 Å². The zero-order valence-electron chi connectivity index (χ0n) is 12.1. The summed E-state index contributed by atoms with van der Waals surface area (Å²) in [5, 5.41) is 20.1.